The summed E-state index contributed by atoms with van der Waals surface area (Å²) in [5, 5.41) is 1.91. The van der Waals surface area contributed by atoms with E-state index in [2.05, 4.69) is 0 Å². The molecule has 0 aliphatic carbocycles. The standard InChI is InChI=1S/C15H14F3NO2S/c1-9-6-12(10-4-3-5-11(7-10)21-2)13(22-9)14(20)19-8-15(16,17)18/h3-7H,8H2,1-2H3,(H,19,20). The van der Waals surface area contributed by atoms with Gasteiger partial charge in [0.2, 0.25) is 0 Å². The van der Waals surface area contributed by atoms with E-state index in [0.717, 1.165) is 21.8 Å². The van der Waals surface area contributed by atoms with E-state index in [1.807, 2.05) is 5.32 Å². The Hall–Kier alpha value is -2.02. The van der Waals surface area contributed by atoms with Gasteiger partial charge >= 0.3 is 6.18 Å². The van der Waals surface area contributed by atoms with Crippen molar-refractivity contribution in [3.8, 4) is 16.9 Å². The smallest absolute Gasteiger partial charge is 0.405 e. The molecule has 7 heteroatoms. The zero-order valence-electron chi connectivity index (χ0n) is 12.0. The molecule has 0 spiro atoms. The number of carbonyl (C=O) groups is 1. The molecule has 2 aromatic rings. The highest BCUT2D eigenvalue weighted by Crippen LogP contribution is 2.33. The van der Waals surface area contributed by atoms with E-state index in [9.17, 15) is 18.0 Å². The molecule has 1 aromatic heterocycles. The highest BCUT2D eigenvalue weighted by Gasteiger charge is 2.28. The van der Waals surface area contributed by atoms with Gasteiger partial charge in [0.25, 0.3) is 5.91 Å². The molecule has 0 unspecified atom stereocenters. The number of benzene rings is 1. The minimum atomic E-state index is -4.43. The maximum atomic E-state index is 12.2. The van der Waals surface area contributed by atoms with E-state index < -0.39 is 18.6 Å². The van der Waals surface area contributed by atoms with Gasteiger partial charge in [-0.25, -0.2) is 0 Å². The van der Waals surface area contributed by atoms with Gasteiger partial charge < -0.3 is 10.1 Å². The molecule has 0 saturated heterocycles. The van der Waals surface area contributed by atoms with Crippen molar-refractivity contribution in [2.24, 2.45) is 0 Å². The van der Waals surface area contributed by atoms with Gasteiger partial charge in [0.05, 0.1) is 12.0 Å². The maximum Gasteiger partial charge on any atom is 0.405 e. The van der Waals surface area contributed by atoms with Crippen molar-refractivity contribution in [3.05, 3.63) is 40.1 Å². The lowest BCUT2D eigenvalue weighted by Gasteiger charge is -2.09. The Morgan fingerprint density at radius 1 is 1.32 bits per heavy atom. The van der Waals surface area contributed by atoms with Crippen molar-refractivity contribution < 1.29 is 22.7 Å². The van der Waals surface area contributed by atoms with E-state index >= 15 is 0 Å². The molecule has 118 valence electrons. The topological polar surface area (TPSA) is 38.3 Å². The largest absolute Gasteiger partial charge is 0.497 e. The predicted molar refractivity (Wildman–Crippen MR) is 79.4 cm³/mol. The summed E-state index contributed by atoms with van der Waals surface area (Å²) in [5.41, 5.74) is 1.32. The summed E-state index contributed by atoms with van der Waals surface area (Å²) >= 11 is 1.16. The second kappa shape index (κ2) is 6.39. The second-order valence-corrected chi connectivity index (χ2v) is 5.89. The number of hydrogen-bond acceptors (Lipinski definition) is 3. The van der Waals surface area contributed by atoms with Crippen molar-refractivity contribution in [1.82, 2.24) is 5.32 Å². The number of carbonyl (C=O) groups excluding carboxylic acids is 1. The van der Waals surface area contributed by atoms with Crippen molar-refractivity contribution in [3.63, 3.8) is 0 Å². The van der Waals surface area contributed by atoms with Gasteiger partial charge in [-0.3, -0.25) is 4.79 Å². The third kappa shape index (κ3) is 4.00. The normalized spacial score (nSPS) is 11.3. The van der Waals surface area contributed by atoms with Gasteiger partial charge in [-0.15, -0.1) is 11.3 Å². The zero-order chi connectivity index (χ0) is 16.3. The molecule has 1 N–H and O–H groups in total. The fraction of sp³-hybridized carbons (Fsp3) is 0.267. The first-order valence-corrected chi connectivity index (χ1v) is 7.21. The SMILES string of the molecule is COc1cccc(-c2cc(C)sc2C(=O)NCC(F)(F)F)c1. The van der Waals surface area contributed by atoms with E-state index in [1.54, 1.807) is 37.3 Å². The number of rotatable bonds is 4. The van der Waals surface area contributed by atoms with E-state index in [4.69, 9.17) is 4.74 Å². The first kappa shape index (κ1) is 16.4. The first-order chi connectivity index (χ1) is 10.3. The van der Waals surface area contributed by atoms with E-state index in [-0.39, 0.29) is 4.88 Å². The van der Waals surface area contributed by atoms with E-state index in [1.165, 1.54) is 7.11 Å². The molecule has 1 aromatic carbocycles. The van der Waals surface area contributed by atoms with Crippen molar-refractivity contribution >= 4 is 17.2 Å². The van der Waals surface area contributed by atoms with Crippen LogP contribution in [-0.4, -0.2) is 25.7 Å². The molecule has 1 amide bonds. The van der Waals surface area contributed by atoms with Crippen LogP contribution in [0.3, 0.4) is 0 Å². The fourth-order valence-electron chi connectivity index (χ4n) is 1.95. The molecule has 3 nitrogen and oxygen atoms in total. The van der Waals surface area contributed by atoms with Crippen LogP contribution in [0, 0.1) is 6.92 Å². The highest BCUT2D eigenvalue weighted by atomic mass is 32.1. The number of nitrogens with one attached hydrogen (secondary N) is 1. The number of halogens is 3. The molecule has 2 rings (SSSR count). The summed E-state index contributed by atoms with van der Waals surface area (Å²) in [6.07, 6.45) is -4.43. The van der Waals surface area contributed by atoms with E-state index in [0.29, 0.717) is 11.3 Å². The Kier molecular flexibility index (Phi) is 4.75. The van der Waals surface area contributed by atoms with Crippen LogP contribution >= 0.6 is 11.3 Å². The number of thiophene rings is 1. The third-order valence-corrected chi connectivity index (χ3v) is 3.94. The predicted octanol–water partition coefficient (Wildman–Crippen LogP) is 4.02. The molecule has 0 atom stereocenters. The molecule has 22 heavy (non-hydrogen) atoms. The summed E-state index contributed by atoms with van der Waals surface area (Å²) < 4.78 is 41.8. The fourth-order valence-corrected chi connectivity index (χ4v) is 2.90. The Bertz CT molecular complexity index is 680. The minimum absolute atomic E-state index is 0.259. The maximum absolute atomic E-state index is 12.2. The number of alkyl halides is 3. The van der Waals surface area contributed by atoms with Crippen molar-refractivity contribution in [1.29, 1.82) is 0 Å². The minimum Gasteiger partial charge on any atom is -0.497 e. The summed E-state index contributed by atoms with van der Waals surface area (Å²) in [6, 6.07) is 8.82. The van der Waals surface area contributed by atoms with Gasteiger partial charge in [0.1, 0.15) is 12.3 Å². The van der Waals surface area contributed by atoms with Gasteiger partial charge in [-0.2, -0.15) is 13.2 Å². The molecule has 0 fully saturated rings. The molecule has 0 aliphatic rings. The van der Waals surface area contributed by atoms with Crippen LogP contribution in [-0.2, 0) is 0 Å². The Morgan fingerprint density at radius 3 is 2.68 bits per heavy atom. The number of aryl methyl sites for hydroxylation is 1. The Morgan fingerprint density at radius 2 is 2.05 bits per heavy atom. The second-order valence-electron chi connectivity index (χ2n) is 4.63. The van der Waals surface area contributed by atoms with Crippen molar-refractivity contribution in [2.45, 2.75) is 13.1 Å². The summed E-state index contributed by atoms with van der Waals surface area (Å²) in [5.74, 6) is -0.115. The zero-order valence-corrected chi connectivity index (χ0v) is 12.8. The highest BCUT2D eigenvalue weighted by molar-refractivity contribution is 7.14. The number of amides is 1. The molecule has 0 radical (unpaired) electrons. The van der Waals surface area contributed by atoms with Gasteiger partial charge in [-0.05, 0) is 30.7 Å². The molecule has 0 aliphatic heterocycles. The Balaban J connectivity index is 2.32. The Labute approximate surface area is 129 Å². The molecule has 0 bridgehead atoms. The van der Waals surface area contributed by atoms with Gasteiger partial charge in [0.15, 0.2) is 0 Å². The number of hydrogen-bond donors (Lipinski definition) is 1. The van der Waals surface area contributed by atoms with Crippen LogP contribution in [0.1, 0.15) is 14.5 Å². The summed E-state index contributed by atoms with van der Waals surface area (Å²) in [6.45, 7) is 0.454. The van der Waals surface area contributed by atoms with Gasteiger partial charge in [-0.1, -0.05) is 12.1 Å². The summed E-state index contributed by atoms with van der Waals surface area (Å²) in [4.78, 5) is 13.1. The van der Waals surface area contributed by atoms with Crippen LogP contribution in [0.25, 0.3) is 11.1 Å². The quantitative estimate of drug-likeness (QED) is 0.920. The summed E-state index contributed by atoms with van der Waals surface area (Å²) in [7, 11) is 1.52. The van der Waals surface area contributed by atoms with Crippen LogP contribution in [0.5, 0.6) is 5.75 Å². The lowest BCUT2D eigenvalue weighted by molar-refractivity contribution is -0.123. The number of ether oxygens (including phenoxy) is 1. The van der Waals surface area contributed by atoms with Crippen LogP contribution < -0.4 is 10.1 Å². The third-order valence-electron chi connectivity index (χ3n) is 2.89. The lowest BCUT2D eigenvalue weighted by Crippen LogP contribution is -2.33. The van der Waals surface area contributed by atoms with Gasteiger partial charge in [0, 0.05) is 10.4 Å². The van der Waals surface area contributed by atoms with Crippen LogP contribution in [0.4, 0.5) is 13.2 Å². The average molecular weight is 329 g/mol. The van der Waals surface area contributed by atoms with Crippen molar-refractivity contribution in [2.75, 3.05) is 13.7 Å². The first-order valence-electron chi connectivity index (χ1n) is 6.40. The lowest BCUT2D eigenvalue weighted by atomic mass is 10.1. The van der Waals surface area contributed by atoms with Crippen LogP contribution in [0.15, 0.2) is 30.3 Å². The number of methoxy groups -OCH3 is 1. The van der Waals surface area contributed by atoms with Crippen LogP contribution in [0.2, 0.25) is 0 Å². The molecular formula is C15H14F3NO2S. The molecular weight excluding hydrogens is 315 g/mol. The molecule has 0 saturated carbocycles. The molecule has 1 heterocycles. The monoisotopic (exact) mass is 329 g/mol. The average Bonchev–Trinajstić information content (AvgIpc) is 2.86.